The van der Waals surface area contributed by atoms with E-state index in [2.05, 4.69) is 109 Å². The number of para-hydroxylation sites is 1. The Kier molecular flexibility index (Phi) is 3.79. The van der Waals surface area contributed by atoms with E-state index in [0.29, 0.717) is 0 Å². The quantitative estimate of drug-likeness (QED) is 0.331. The van der Waals surface area contributed by atoms with Gasteiger partial charge < -0.3 is 4.57 Å². The highest BCUT2D eigenvalue weighted by Crippen LogP contribution is 2.35. The Bertz CT molecular complexity index is 1230. The van der Waals surface area contributed by atoms with Crippen LogP contribution in [-0.2, 0) is 6.42 Å². The van der Waals surface area contributed by atoms with Gasteiger partial charge in [0.05, 0.1) is 11.0 Å². The average Bonchev–Trinajstić information content (AvgIpc) is 3.07. The molecule has 0 spiro atoms. The van der Waals surface area contributed by atoms with Crippen molar-refractivity contribution < 1.29 is 0 Å². The molecule has 0 saturated carbocycles. The van der Waals surface area contributed by atoms with Crippen molar-refractivity contribution in [3.8, 4) is 16.8 Å². The predicted octanol–water partition coefficient (Wildman–Crippen LogP) is 7.01. The Morgan fingerprint density at radius 1 is 0.593 bits per heavy atom. The fraction of sp³-hybridized carbons (Fsp3) is 0.0769. The van der Waals surface area contributed by atoms with Gasteiger partial charge in [0.1, 0.15) is 0 Å². The summed E-state index contributed by atoms with van der Waals surface area (Å²) in [5.74, 6) is 0. The van der Waals surface area contributed by atoms with E-state index in [0.717, 1.165) is 6.42 Å². The normalized spacial score (nSPS) is 11.3. The van der Waals surface area contributed by atoms with Crippen molar-refractivity contribution in [3.63, 3.8) is 0 Å². The van der Waals surface area contributed by atoms with Gasteiger partial charge in [-0.15, -0.1) is 0 Å². The van der Waals surface area contributed by atoms with Crippen molar-refractivity contribution in [2.75, 3.05) is 0 Å². The van der Waals surface area contributed by atoms with E-state index in [1.54, 1.807) is 0 Å². The van der Waals surface area contributed by atoms with Crippen molar-refractivity contribution in [3.05, 3.63) is 103 Å². The number of fused-ring (bicyclic) bond motifs is 3. The minimum atomic E-state index is 1.04. The fourth-order valence-corrected chi connectivity index (χ4v) is 3.95. The van der Waals surface area contributed by atoms with E-state index in [1.807, 2.05) is 0 Å². The summed E-state index contributed by atoms with van der Waals surface area (Å²) in [6, 6.07) is 35.0. The van der Waals surface area contributed by atoms with Crippen LogP contribution >= 0.6 is 0 Å². The van der Waals surface area contributed by atoms with E-state index < -0.39 is 0 Å². The third-order valence-corrected chi connectivity index (χ3v) is 5.36. The molecule has 0 bridgehead atoms. The van der Waals surface area contributed by atoms with Gasteiger partial charge in [-0.25, -0.2) is 0 Å². The maximum absolute atomic E-state index is 2.40. The molecule has 0 aliphatic heterocycles. The van der Waals surface area contributed by atoms with Gasteiger partial charge in [0.15, 0.2) is 0 Å². The number of nitrogens with zero attached hydrogens (tertiary/aromatic N) is 1. The first kappa shape index (κ1) is 15.9. The highest BCUT2D eigenvalue weighted by Gasteiger charge is 2.13. The predicted molar refractivity (Wildman–Crippen MR) is 116 cm³/mol. The molecule has 0 aliphatic rings. The maximum Gasteiger partial charge on any atom is 0.0547 e. The molecule has 5 aromatic rings. The Morgan fingerprint density at radius 3 is 1.93 bits per heavy atom. The van der Waals surface area contributed by atoms with Gasteiger partial charge in [0.25, 0.3) is 0 Å². The molecule has 0 saturated heterocycles. The molecule has 0 fully saturated rings. The summed E-state index contributed by atoms with van der Waals surface area (Å²) in [5.41, 5.74) is 7.60. The van der Waals surface area contributed by atoms with E-state index in [1.165, 1.54) is 44.2 Å². The molecular weight excluding hydrogens is 326 g/mol. The van der Waals surface area contributed by atoms with Crippen molar-refractivity contribution >= 4 is 21.8 Å². The number of rotatable bonds is 3. The first-order chi connectivity index (χ1) is 13.3. The minimum Gasteiger partial charge on any atom is -0.309 e. The van der Waals surface area contributed by atoms with E-state index >= 15 is 0 Å². The largest absolute Gasteiger partial charge is 0.309 e. The second-order valence-electron chi connectivity index (χ2n) is 6.97. The molecule has 5 rings (SSSR count). The summed E-state index contributed by atoms with van der Waals surface area (Å²) >= 11 is 0. The molecule has 0 atom stereocenters. The van der Waals surface area contributed by atoms with Crippen molar-refractivity contribution in [2.45, 2.75) is 13.3 Å². The molecule has 0 amide bonds. The van der Waals surface area contributed by atoms with E-state index in [-0.39, 0.29) is 0 Å². The van der Waals surface area contributed by atoms with E-state index in [9.17, 15) is 0 Å². The van der Waals surface area contributed by atoms with Crippen molar-refractivity contribution in [1.82, 2.24) is 4.57 Å². The standard InChI is InChI=1S/C26H21N/c1-2-19-13-15-23-24-16-14-21(20-9-5-3-6-10-20)18-26(24)27(25(23)17-19)22-11-7-4-8-12-22/h3-18H,2H2,1H3. The highest BCUT2D eigenvalue weighted by molar-refractivity contribution is 6.10. The Morgan fingerprint density at radius 2 is 1.22 bits per heavy atom. The zero-order chi connectivity index (χ0) is 18.2. The molecule has 1 heteroatoms. The topological polar surface area (TPSA) is 4.93 Å². The lowest BCUT2D eigenvalue weighted by atomic mass is 10.0. The van der Waals surface area contributed by atoms with Crippen LogP contribution in [0.3, 0.4) is 0 Å². The minimum absolute atomic E-state index is 1.04. The zero-order valence-electron chi connectivity index (χ0n) is 15.4. The lowest BCUT2D eigenvalue weighted by Gasteiger charge is -2.09. The highest BCUT2D eigenvalue weighted by atomic mass is 15.0. The molecule has 1 aromatic heterocycles. The number of hydrogen-bond donors (Lipinski definition) is 0. The van der Waals surface area contributed by atoms with Crippen LogP contribution in [0.4, 0.5) is 0 Å². The summed E-state index contributed by atoms with van der Waals surface area (Å²) in [5, 5.41) is 2.61. The summed E-state index contributed by atoms with van der Waals surface area (Å²) in [4.78, 5) is 0. The Labute approximate surface area is 159 Å². The van der Waals surface area contributed by atoms with E-state index in [4.69, 9.17) is 0 Å². The summed E-state index contributed by atoms with van der Waals surface area (Å²) in [7, 11) is 0. The zero-order valence-corrected chi connectivity index (χ0v) is 15.4. The number of hydrogen-bond acceptors (Lipinski definition) is 0. The lowest BCUT2D eigenvalue weighted by molar-refractivity contribution is 1.13. The SMILES string of the molecule is CCc1ccc2c3ccc(-c4ccccc4)cc3n(-c3ccccc3)c2c1. The van der Waals surface area contributed by atoms with Crippen molar-refractivity contribution in [2.24, 2.45) is 0 Å². The van der Waals surface area contributed by atoms with Crippen molar-refractivity contribution in [1.29, 1.82) is 0 Å². The number of benzene rings is 4. The Hall–Kier alpha value is -3.32. The molecule has 27 heavy (non-hydrogen) atoms. The van der Waals surface area contributed by atoms with Crippen LogP contribution < -0.4 is 0 Å². The molecule has 0 aliphatic carbocycles. The van der Waals surface area contributed by atoms with Crippen LogP contribution in [0.5, 0.6) is 0 Å². The lowest BCUT2D eigenvalue weighted by Crippen LogP contribution is -1.94. The Balaban J connectivity index is 1.88. The molecule has 0 N–H and O–H groups in total. The maximum atomic E-state index is 2.40. The first-order valence-electron chi connectivity index (χ1n) is 9.53. The third-order valence-electron chi connectivity index (χ3n) is 5.36. The second kappa shape index (κ2) is 6.44. The molecule has 4 aromatic carbocycles. The molecule has 0 unspecified atom stereocenters. The summed E-state index contributed by atoms with van der Waals surface area (Å²) in [6.07, 6.45) is 1.04. The van der Waals surface area contributed by atoms with Crippen LogP contribution in [0.2, 0.25) is 0 Å². The van der Waals surface area contributed by atoms with Crippen LogP contribution in [0, 0.1) is 0 Å². The van der Waals surface area contributed by atoms with Gasteiger partial charge in [0.2, 0.25) is 0 Å². The monoisotopic (exact) mass is 347 g/mol. The van der Waals surface area contributed by atoms with Gasteiger partial charge in [0, 0.05) is 16.5 Å². The van der Waals surface area contributed by atoms with Crippen LogP contribution in [0.15, 0.2) is 97.1 Å². The molecule has 1 nitrogen and oxygen atoms in total. The summed E-state index contributed by atoms with van der Waals surface area (Å²) in [6.45, 7) is 2.21. The van der Waals surface area contributed by atoms with Crippen LogP contribution in [0.25, 0.3) is 38.6 Å². The number of aromatic nitrogens is 1. The molecule has 1 heterocycles. The van der Waals surface area contributed by atoms with Gasteiger partial charge in [-0.3, -0.25) is 0 Å². The summed E-state index contributed by atoms with van der Waals surface area (Å²) < 4.78 is 2.40. The van der Waals surface area contributed by atoms with Gasteiger partial charge in [-0.05, 0) is 47.4 Å². The van der Waals surface area contributed by atoms with Crippen LogP contribution in [0.1, 0.15) is 12.5 Å². The van der Waals surface area contributed by atoms with Gasteiger partial charge in [-0.1, -0.05) is 79.7 Å². The average molecular weight is 347 g/mol. The van der Waals surface area contributed by atoms with Crippen LogP contribution in [-0.4, -0.2) is 4.57 Å². The number of aryl methyl sites for hydroxylation is 1. The third kappa shape index (κ3) is 2.63. The molecule has 130 valence electrons. The first-order valence-corrected chi connectivity index (χ1v) is 9.53. The smallest absolute Gasteiger partial charge is 0.0547 e. The fourth-order valence-electron chi connectivity index (χ4n) is 3.95. The van der Waals surface area contributed by atoms with Gasteiger partial charge in [-0.2, -0.15) is 0 Å². The molecular formula is C26H21N. The molecule has 0 radical (unpaired) electrons. The second-order valence-corrected chi connectivity index (χ2v) is 6.97. The van der Waals surface area contributed by atoms with Gasteiger partial charge >= 0.3 is 0 Å².